The standard InChI is InChI=1S/C19H16N4O7/c1-29-14-2-4-15(5-3-14)30-16-9-12(8-13(10-16)23(27)28)20-19(26)17-6-7-22(21-17)11-18(24)25/h2-10H,11H2,1H3,(H,20,26)(H,24,25). The number of benzene rings is 2. The van der Waals surface area contributed by atoms with Crippen LogP contribution >= 0.6 is 0 Å². The first-order valence-corrected chi connectivity index (χ1v) is 8.52. The van der Waals surface area contributed by atoms with Crippen LogP contribution in [0, 0.1) is 10.1 Å². The highest BCUT2D eigenvalue weighted by Crippen LogP contribution is 2.30. The minimum Gasteiger partial charge on any atom is -0.497 e. The second kappa shape index (κ2) is 8.73. The zero-order valence-electron chi connectivity index (χ0n) is 15.6. The van der Waals surface area contributed by atoms with E-state index in [-0.39, 0.29) is 22.8 Å². The van der Waals surface area contributed by atoms with Crippen molar-refractivity contribution in [1.29, 1.82) is 0 Å². The van der Waals surface area contributed by atoms with Crippen molar-refractivity contribution >= 4 is 23.3 Å². The number of nitro benzene ring substituents is 1. The van der Waals surface area contributed by atoms with Crippen LogP contribution < -0.4 is 14.8 Å². The third-order valence-electron chi connectivity index (χ3n) is 3.83. The summed E-state index contributed by atoms with van der Waals surface area (Å²) in [6.07, 6.45) is 1.34. The van der Waals surface area contributed by atoms with Crippen LogP contribution in [0.5, 0.6) is 17.2 Å². The molecule has 0 unspecified atom stereocenters. The quantitative estimate of drug-likeness (QED) is 0.424. The van der Waals surface area contributed by atoms with Crippen LogP contribution in [-0.4, -0.2) is 38.8 Å². The number of nitro groups is 1. The van der Waals surface area contributed by atoms with E-state index in [4.69, 9.17) is 14.6 Å². The summed E-state index contributed by atoms with van der Waals surface area (Å²) in [5.41, 5.74) is -0.210. The van der Waals surface area contributed by atoms with Crippen molar-refractivity contribution in [2.75, 3.05) is 12.4 Å². The molecule has 0 saturated carbocycles. The van der Waals surface area contributed by atoms with Crippen LogP contribution in [0.2, 0.25) is 0 Å². The molecule has 2 aromatic carbocycles. The zero-order chi connectivity index (χ0) is 21.7. The molecule has 3 rings (SSSR count). The topological polar surface area (TPSA) is 146 Å². The number of nitrogens with zero attached hydrogens (tertiary/aromatic N) is 3. The lowest BCUT2D eigenvalue weighted by molar-refractivity contribution is -0.384. The second-order valence-electron chi connectivity index (χ2n) is 6.00. The fourth-order valence-corrected chi connectivity index (χ4v) is 2.50. The van der Waals surface area contributed by atoms with Crippen molar-refractivity contribution in [3.8, 4) is 17.2 Å². The van der Waals surface area contributed by atoms with E-state index in [9.17, 15) is 19.7 Å². The number of non-ortho nitro benzene ring substituents is 1. The van der Waals surface area contributed by atoms with Crippen molar-refractivity contribution in [3.05, 3.63) is 70.5 Å². The molecule has 1 amide bonds. The maximum Gasteiger partial charge on any atom is 0.325 e. The van der Waals surface area contributed by atoms with Gasteiger partial charge in [0.05, 0.1) is 23.8 Å². The van der Waals surface area contributed by atoms with Gasteiger partial charge in [-0.15, -0.1) is 0 Å². The number of ether oxygens (including phenoxy) is 2. The second-order valence-corrected chi connectivity index (χ2v) is 6.00. The van der Waals surface area contributed by atoms with E-state index in [0.717, 1.165) is 4.68 Å². The molecule has 2 N–H and O–H groups in total. The molecule has 0 aliphatic rings. The Kier molecular flexibility index (Phi) is 5.92. The number of hydrogen-bond acceptors (Lipinski definition) is 7. The number of carbonyl (C=O) groups is 2. The van der Waals surface area contributed by atoms with Gasteiger partial charge in [-0.1, -0.05) is 0 Å². The summed E-state index contributed by atoms with van der Waals surface area (Å²) in [5, 5.41) is 26.4. The summed E-state index contributed by atoms with van der Waals surface area (Å²) in [6, 6.07) is 11.8. The highest BCUT2D eigenvalue weighted by molar-refractivity contribution is 6.03. The van der Waals surface area contributed by atoms with Gasteiger partial charge in [-0.05, 0) is 30.3 Å². The first-order valence-electron chi connectivity index (χ1n) is 8.52. The van der Waals surface area contributed by atoms with E-state index >= 15 is 0 Å². The number of nitrogens with one attached hydrogen (secondary N) is 1. The fourth-order valence-electron chi connectivity index (χ4n) is 2.50. The maximum atomic E-state index is 12.4. The average Bonchev–Trinajstić information content (AvgIpc) is 3.16. The number of aromatic nitrogens is 2. The smallest absolute Gasteiger partial charge is 0.325 e. The first kappa shape index (κ1) is 20.3. The van der Waals surface area contributed by atoms with Gasteiger partial charge in [-0.25, -0.2) is 0 Å². The lowest BCUT2D eigenvalue weighted by Gasteiger charge is -2.09. The molecule has 0 fully saturated rings. The molecular formula is C19H16N4O7. The van der Waals surface area contributed by atoms with Crippen molar-refractivity contribution < 1.29 is 29.1 Å². The molecule has 1 heterocycles. The molecule has 154 valence electrons. The zero-order valence-corrected chi connectivity index (χ0v) is 15.6. The molecule has 30 heavy (non-hydrogen) atoms. The number of hydrogen-bond donors (Lipinski definition) is 2. The first-order chi connectivity index (χ1) is 14.3. The van der Waals surface area contributed by atoms with E-state index in [0.29, 0.717) is 11.5 Å². The van der Waals surface area contributed by atoms with Gasteiger partial charge < -0.3 is 19.9 Å². The lowest BCUT2D eigenvalue weighted by Crippen LogP contribution is -2.15. The van der Waals surface area contributed by atoms with E-state index < -0.39 is 23.3 Å². The van der Waals surface area contributed by atoms with Crippen molar-refractivity contribution in [2.45, 2.75) is 6.54 Å². The van der Waals surface area contributed by atoms with Crippen LogP contribution in [0.15, 0.2) is 54.7 Å². The largest absolute Gasteiger partial charge is 0.497 e. The molecule has 0 saturated heterocycles. The number of carboxylic acid groups (broad SMARTS) is 1. The van der Waals surface area contributed by atoms with Crippen molar-refractivity contribution in [1.82, 2.24) is 9.78 Å². The highest BCUT2D eigenvalue weighted by atomic mass is 16.6. The molecular weight excluding hydrogens is 396 g/mol. The van der Waals surface area contributed by atoms with Crippen LogP contribution in [0.1, 0.15) is 10.5 Å². The van der Waals surface area contributed by atoms with Crippen LogP contribution in [0.25, 0.3) is 0 Å². The van der Waals surface area contributed by atoms with Gasteiger partial charge in [0.25, 0.3) is 11.6 Å². The van der Waals surface area contributed by atoms with E-state index in [1.54, 1.807) is 24.3 Å². The molecule has 0 atom stereocenters. The van der Waals surface area contributed by atoms with Crippen LogP contribution in [-0.2, 0) is 11.3 Å². The molecule has 11 heteroatoms. The van der Waals surface area contributed by atoms with E-state index in [1.807, 2.05) is 0 Å². The van der Waals surface area contributed by atoms with Gasteiger partial charge in [0, 0.05) is 18.3 Å². The number of aliphatic carboxylic acids is 1. The summed E-state index contributed by atoms with van der Waals surface area (Å²) < 4.78 is 11.8. The molecule has 0 spiro atoms. The number of carboxylic acids is 1. The number of carbonyl (C=O) groups excluding carboxylic acids is 1. The summed E-state index contributed by atoms with van der Waals surface area (Å²) in [7, 11) is 1.52. The Hall–Kier alpha value is -4.41. The molecule has 0 aliphatic heterocycles. The van der Waals surface area contributed by atoms with Crippen molar-refractivity contribution in [2.24, 2.45) is 0 Å². The molecule has 0 radical (unpaired) electrons. The Morgan fingerprint density at radius 1 is 1.13 bits per heavy atom. The number of amides is 1. The Morgan fingerprint density at radius 2 is 1.83 bits per heavy atom. The molecule has 0 aliphatic carbocycles. The van der Waals surface area contributed by atoms with Crippen LogP contribution in [0.3, 0.4) is 0 Å². The number of methoxy groups -OCH3 is 1. The van der Waals surface area contributed by atoms with Crippen LogP contribution in [0.4, 0.5) is 11.4 Å². The molecule has 0 bridgehead atoms. The molecule has 3 aromatic rings. The lowest BCUT2D eigenvalue weighted by atomic mass is 10.2. The Labute approximate surface area is 169 Å². The monoisotopic (exact) mass is 412 g/mol. The minimum atomic E-state index is -1.11. The van der Waals surface area contributed by atoms with E-state index in [2.05, 4.69) is 10.4 Å². The average molecular weight is 412 g/mol. The summed E-state index contributed by atoms with van der Waals surface area (Å²) in [5.74, 6) is -0.585. The fraction of sp³-hybridized carbons (Fsp3) is 0.105. The molecule has 11 nitrogen and oxygen atoms in total. The Balaban J connectivity index is 1.81. The van der Waals surface area contributed by atoms with Gasteiger partial charge in [0.1, 0.15) is 23.8 Å². The number of anilines is 1. The molecule has 1 aromatic heterocycles. The predicted molar refractivity (Wildman–Crippen MR) is 104 cm³/mol. The predicted octanol–water partition coefficient (Wildman–Crippen LogP) is 2.93. The normalized spacial score (nSPS) is 10.3. The Morgan fingerprint density at radius 3 is 2.47 bits per heavy atom. The summed E-state index contributed by atoms with van der Waals surface area (Å²) in [4.78, 5) is 33.7. The summed E-state index contributed by atoms with van der Waals surface area (Å²) in [6.45, 7) is -0.399. The maximum absolute atomic E-state index is 12.4. The summed E-state index contributed by atoms with van der Waals surface area (Å²) >= 11 is 0. The Bertz CT molecular complexity index is 1090. The third kappa shape index (κ3) is 5.10. The van der Waals surface area contributed by atoms with Gasteiger partial charge in [-0.3, -0.25) is 24.4 Å². The van der Waals surface area contributed by atoms with Gasteiger partial charge in [0.2, 0.25) is 0 Å². The minimum absolute atomic E-state index is 0.0413. The van der Waals surface area contributed by atoms with Gasteiger partial charge in [0.15, 0.2) is 5.69 Å². The van der Waals surface area contributed by atoms with E-state index in [1.165, 1.54) is 37.6 Å². The van der Waals surface area contributed by atoms with Crippen molar-refractivity contribution in [3.63, 3.8) is 0 Å². The third-order valence-corrected chi connectivity index (χ3v) is 3.83. The SMILES string of the molecule is COc1ccc(Oc2cc(NC(=O)c3ccn(CC(=O)O)n3)cc([N+](=O)[O-])c2)cc1. The highest BCUT2D eigenvalue weighted by Gasteiger charge is 2.16. The number of rotatable bonds is 8. The van der Waals surface area contributed by atoms with Gasteiger partial charge >= 0.3 is 5.97 Å². The van der Waals surface area contributed by atoms with Gasteiger partial charge in [-0.2, -0.15) is 5.10 Å².